The van der Waals surface area contributed by atoms with Gasteiger partial charge in [0.05, 0.1) is 10.4 Å². The summed E-state index contributed by atoms with van der Waals surface area (Å²) in [5, 5.41) is 2.11. The van der Waals surface area contributed by atoms with Crippen molar-refractivity contribution >= 4 is 40.2 Å². The predicted molar refractivity (Wildman–Crippen MR) is 68.5 cm³/mol. The van der Waals surface area contributed by atoms with E-state index in [-0.39, 0.29) is 0 Å². The summed E-state index contributed by atoms with van der Waals surface area (Å²) in [5.41, 5.74) is 0.635. The average molecular weight is 255 g/mol. The van der Waals surface area contributed by atoms with Gasteiger partial charge in [0, 0.05) is 26.4 Å². The maximum atomic E-state index is 6.15. The van der Waals surface area contributed by atoms with Crippen LogP contribution in [0.25, 0.3) is 11.0 Å². The van der Waals surface area contributed by atoms with Crippen LogP contribution in [0.15, 0.2) is 17.4 Å². The lowest BCUT2D eigenvalue weighted by Crippen LogP contribution is -2.10. The number of hydrogen-bond donors (Lipinski definition) is 0. The quantitative estimate of drug-likeness (QED) is 0.608. The van der Waals surface area contributed by atoms with E-state index in [2.05, 4.69) is 15.0 Å². The van der Waals surface area contributed by atoms with Crippen molar-refractivity contribution in [1.29, 1.82) is 0 Å². The van der Waals surface area contributed by atoms with Gasteiger partial charge < -0.3 is 4.90 Å². The molecule has 2 aromatic rings. The summed E-state index contributed by atoms with van der Waals surface area (Å²) in [6.07, 6.45) is 3.64. The van der Waals surface area contributed by atoms with Crippen LogP contribution in [-0.4, -0.2) is 35.3 Å². The standard InChI is InChI=1S/C10H11ClN4S/c1-15(2)8-4-7(11)6-5-12-10(16-3)14-9(6)13-8/h4-5H,1-3H3. The van der Waals surface area contributed by atoms with Gasteiger partial charge >= 0.3 is 0 Å². The van der Waals surface area contributed by atoms with E-state index >= 15 is 0 Å². The number of pyridine rings is 1. The van der Waals surface area contributed by atoms with E-state index < -0.39 is 0 Å². The minimum absolute atomic E-state index is 0.626. The predicted octanol–water partition coefficient (Wildman–Crippen LogP) is 2.47. The molecule has 0 aliphatic rings. The number of nitrogens with zero attached hydrogens (tertiary/aromatic N) is 4. The second-order valence-corrected chi connectivity index (χ2v) is 4.63. The van der Waals surface area contributed by atoms with Crippen LogP contribution in [0.5, 0.6) is 0 Å². The fraction of sp³-hybridized carbons (Fsp3) is 0.300. The molecule has 0 fully saturated rings. The number of rotatable bonds is 2. The first kappa shape index (κ1) is 11.4. The lowest BCUT2D eigenvalue weighted by molar-refractivity contribution is 0.983. The molecular weight excluding hydrogens is 244 g/mol. The zero-order chi connectivity index (χ0) is 11.7. The second-order valence-electron chi connectivity index (χ2n) is 3.45. The van der Waals surface area contributed by atoms with Crippen LogP contribution in [0, 0.1) is 0 Å². The summed E-state index contributed by atoms with van der Waals surface area (Å²) in [6, 6.07) is 1.81. The van der Waals surface area contributed by atoms with Crippen molar-refractivity contribution in [2.45, 2.75) is 5.16 Å². The summed E-state index contributed by atoms with van der Waals surface area (Å²) in [7, 11) is 3.84. The first-order chi connectivity index (χ1) is 7.61. The summed E-state index contributed by atoms with van der Waals surface area (Å²) in [6.45, 7) is 0. The van der Waals surface area contributed by atoms with Crippen molar-refractivity contribution in [3.05, 3.63) is 17.3 Å². The molecule has 0 aliphatic carbocycles. The molecule has 0 aliphatic heterocycles. The maximum Gasteiger partial charge on any atom is 0.189 e. The van der Waals surface area contributed by atoms with Crippen molar-refractivity contribution in [2.75, 3.05) is 25.3 Å². The highest BCUT2D eigenvalue weighted by atomic mass is 35.5. The molecule has 0 saturated carbocycles. The number of fused-ring (bicyclic) bond motifs is 1. The molecule has 2 aromatic heterocycles. The van der Waals surface area contributed by atoms with Crippen LogP contribution in [0.1, 0.15) is 0 Å². The van der Waals surface area contributed by atoms with Gasteiger partial charge in [-0.1, -0.05) is 23.4 Å². The van der Waals surface area contributed by atoms with Crippen molar-refractivity contribution in [1.82, 2.24) is 15.0 Å². The zero-order valence-corrected chi connectivity index (χ0v) is 10.8. The number of halogens is 1. The van der Waals surface area contributed by atoms with Gasteiger partial charge in [-0.3, -0.25) is 0 Å². The average Bonchev–Trinajstić information content (AvgIpc) is 2.28. The van der Waals surface area contributed by atoms with E-state index in [0.29, 0.717) is 15.8 Å². The Morgan fingerprint density at radius 1 is 1.31 bits per heavy atom. The Balaban J connectivity index is 2.68. The van der Waals surface area contributed by atoms with Gasteiger partial charge in [-0.05, 0) is 6.26 Å². The van der Waals surface area contributed by atoms with E-state index in [1.54, 1.807) is 6.20 Å². The number of aromatic nitrogens is 3. The molecule has 16 heavy (non-hydrogen) atoms. The van der Waals surface area contributed by atoms with Crippen LogP contribution >= 0.6 is 23.4 Å². The van der Waals surface area contributed by atoms with Crippen molar-refractivity contribution in [3.63, 3.8) is 0 Å². The monoisotopic (exact) mass is 254 g/mol. The summed E-state index contributed by atoms with van der Waals surface area (Å²) in [4.78, 5) is 14.8. The van der Waals surface area contributed by atoms with Gasteiger partial charge in [0.25, 0.3) is 0 Å². The van der Waals surface area contributed by atoms with E-state index in [9.17, 15) is 0 Å². The largest absolute Gasteiger partial charge is 0.363 e. The van der Waals surface area contributed by atoms with Crippen LogP contribution < -0.4 is 4.90 Å². The van der Waals surface area contributed by atoms with Gasteiger partial charge in [0.15, 0.2) is 10.8 Å². The molecule has 0 aromatic carbocycles. The molecule has 0 saturated heterocycles. The van der Waals surface area contributed by atoms with Gasteiger partial charge in [-0.15, -0.1) is 0 Å². The molecule has 0 N–H and O–H groups in total. The lowest BCUT2D eigenvalue weighted by atomic mass is 10.3. The molecule has 6 heteroatoms. The van der Waals surface area contributed by atoms with Crippen molar-refractivity contribution in [3.8, 4) is 0 Å². The van der Waals surface area contributed by atoms with Crippen molar-refractivity contribution in [2.24, 2.45) is 0 Å². The smallest absolute Gasteiger partial charge is 0.189 e. The molecule has 0 unspecified atom stereocenters. The summed E-state index contributed by atoms with van der Waals surface area (Å²) in [5.74, 6) is 0.795. The number of anilines is 1. The van der Waals surface area contributed by atoms with Crippen LogP contribution in [0.3, 0.4) is 0 Å². The number of thioether (sulfide) groups is 1. The topological polar surface area (TPSA) is 41.9 Å². The van der Waals surface area contributed by atoms with E-state index in [1.165, 1.54) is 11.8 Å². The molecule has 0 spiro atoms. The van der Waals surface area contributed by atoms with Crippen LogP contribution in [0.2, 0.25) is 5.02 Å². The van der Waals surface area contributed by atoms with Crippen LogP contribution in [0.4, 0.5) is 5.82 Å². The molecular formula is C10H11ClN4S. The van der Waals surface area contributed by atoms with Gasteiger partial charge in [0.2, 0.25) is 0 Å². The van der Waals surface area contributed by atoms with E-state index in [4.69, 9.17) is 11.6 Å². The number of hydrogen-bond acceptors (Lipinski definition) is 5. The molecule has 0 atom stereocenters. The van der Waals surface area contributed by atoms with Gasteiger partial charge in [0.1, 0.15) is 5.82 Å². The third-order valence-corrected chi connectivity index (χ3v) is 3.00. The minimum Gasteiger partial charge on any atom is -0.363 e. The van der Waals surface area contributed by atoms with Gasteiger partial charge in [-0.2, -0.15) is 0 Å². The third-order valence-electron chi connectivity index (χ3n) is 2.12. The molecule has 4 nitrogen and oxygen atoms in total. The fourth-order valence-corrected chi connectivity index (χ4v) is 1.84. The Kier molecular flexibility index (Phi) is 3.16. The molecule has 84 valence electrons. The highest BCUT2D eigenvalue weighted by Gasteiger charge is 2.08. The molecule has 2 rings (SSSR count). The first-order valence-corrected chi connectivity index (χ1v) is 6.26. The Morgan fingerprint density at radius 2 is 2.06 bits per heavy atom. The lowest BCUT2D eigenvalue weighted by Gasteiger charge is -2.12. The SMILES string of the molecule is CSc1ncc2c(Cl)cc(N(C)C)nc2n1. The summed E-state index contributed by atoms with van der Waals surface area (Å²) >= 11 is 7.63. The Bertz CT molecular complexity index is 529. The van der Waals surface area contributed by atoms with Crippen molar-refractivity contribution < 1.29 is 0 Å². The maximum absolute atomic E-state index is 6.15. The summed E-state index contributed by atoms with van der Waals surface area (Å²) < 4.78 is 0. The van der Waals surface area contributed by atoms with Gasteiger partial charge in [-0.25, -0.2) is 15.0 Å². The second kappa shape index (κ2) is 4.43. The van der Waals surface area contributed by atoms with Crippen LogP contribution in [-0.2, 0) is 0 Å². The molecule has 0 amide bonds. The molecule has 0 radical (unpaired) electrons. The minimum atomic E-state index is 0.626. The fourth-order valence-electron chi connectivity index (χ4n) is 1.27. The zero-order valence-electron chi connectivity index (χ0n) is 9.23. The first-order valence-electron chi connectivity index (χ1n) is 4.66. The highest BCUT2D eigenvalue weighted by Crippen LogP contribution is 2.25. The van der Waals surface area contributed by atoms with E-state index in [1.807, 2.05) is 31.3 Å². The highest BCUT2D eigenvalue weighted by molar-refractivity contribution is 7.98. The molecule has 0 bridgehead atoms. The normalized spacial score (nSPS) is 10.8. The Labute approximate surface area is 103 Å². The molecule has 2 heterocycles. The Hall–Kier alpha value is -1.07. The van der Waals surface area contributed by atoms with E-state index in [0.717, 1.165) is 11.2 Å². The third kappa shape index (κ3) is 2.05. The Morgan fingerprint density at radius 3 is 2.69 bits per heavy atom.